The van der Waals surface area contributed by atoms with Crippen LogP contribution >= 0.6 is 0 Å². The van der Waals surface area contributed by atoms with Crippen LogP contribution in [-0.2, 0) is 0 Å². The maximum absolute atomic E-state index is 13.9. The molecule has 1 heterocycles. The van der Waals surface area contributed by atoms with E-state index >= 15 is 0 Å². The van der Waals surface area contributed by atoms with E-state index in [2.05, 4.69) is 25.9 Å². The Balaban J connectivity index is 1.82. The van der Waals surface area contributed by atoms with Gasteiger partial charge in [-0.25, -0.2) is 4.39 Å². The van der Waals surface area contributed by atoms with Gasteiger partial charge in [-0.1, -0.05) is 35.5 Å². The molecule has 0 aliphatic rings. The number of hydrogen-bond donors (Lipinski definition) is 2. The summed E-state index contributed by atoms with van der Waals surface area (Å²) in [6, 6.07) is 12.9. The van der Waals surface area contributed by atoms with Crippen LogP contribution in [0.15, 0.2) is 48.5 Å². The SMILES string of the molecule is C[C@H](NC(=O)c1cccc(-c2ccccc2F)c1)c1nn[nH]n1. The summed E-state index contributed by atoms with van der Waals surface area (Å²) in [4.78, 5) is 12.3. The van der Waals surface area contributed by atoms with Gasteiger partial charge in [-0.2, -0.15) is 5.21 Å². The molecule has 0 saturated carbocycles. The Morgan fingerprint density at radius 2 is 2.04 bits per heavy atom. The highest BCUT2D eigenvalue weighted by molar-refractivity contribution is 5.95. The van der Waals surface area contributed by atoms with Crippen LogP contribution in [0, 0.1) is 5.82 Å². The fraction of sp³-hybridized carbons (Fsp3) is 0.125. The largest absolute Gasteiger partial charge is 0.342 e. The van der Waals surface area contributed by atoms with Gasteiger partial charge >= 0.3 is 0 Å². The van der Waals surface area contributed by atoms with E-state index in [0.717, 1.165) is 0 Å². The lowest BCUT2D eigenvalue weighted by Crippen LogP contribution is -2.27. The first-order valence-corrected chi connectivity index (χ1v) is 7.04. The van der Waals surface area contributed by atoms with Crippen LogP contribution in [0.3, 0.4) is 0 Å². The zero-order valence-electron chi connectivity index (χ0n) is 12.3. The number of benzene rings is 2. The van der Waals surface area contributed by atoms with E-state index in [1.54, 1.807) is 49.4 Å². The van der Waals surface area contributed by atoms with Crippen molar-refractivity contribution in [1.82, 2.24) is 25.9 Å². The zero-order valence-corrected chi connectivity index (χ0v) is 12.3. The van der Waals surface area contributed by atoms with Crippen LogP contribution in [0.1, 0.15) is 29.1 Å². The first-order chi connectivity index (χ1) is 11.1. The third kappa shape index (κ3) is 3.23. The van der Waals surface area contributed by atoms with Gasteiger partial charge in [0.05, 0.1) is 6.04 Å². The molecule has 0 bridgehead atoms. The third-order valence-electron chi connectivity index (χ3n) is 3.41. The van der Waals surface area contributed by atoms with Crippen molar-refractivity contribution in [2.75, 3.05) is 0 Å². The lowest BCUT2D eigenvalue weighted by molar-refractivity contribution is 0.0938. The number of aromatic nitrogens is 4. The highest BCUT2D eigenvalue weighted by Crippen LogP contribution is 2.23. The van der Waals surface area contributed by atoms with Gasteiger partial charge in [-0.3, -0.25) is 4.79 Å². The van der Waals surface area contributed by atoms with E-state index in [1.807, 2.05) is 0 Å². The molecule has 2 N–H and O–H groups in total. The van der Waals surface area contributed by atoms with Gasteiger partial charge in [0.1, 0.15) is 5.82 Å². The molecule has 0 spiro atoms. The van der Waals surface area contributed by atoms with E-state index in [-0.39, 0.29) is 11.7 Å². The van der Waals surface area contributed by atoms with Gasteiger partial charge < -0.3 is 5.32 Å². The molecule has 0 unspecified atom stereocenters. The fourth-order valence-corrected chi connectivity index (χ4v) is 2.22. The van der Waals surface area contributed by atoms with Crippen molar-refractivity contribution in [2.24, 2.45) is 0 Å². The fourth-order valence-electron chi connectivity index (χ4n) is 2.22. The van der Waals surface area contributed by atoms with Crippen LogP contribution in [0.25, 0.3) is 11.1 Å². The number of carbonyl (C=O) groups excluding carboxylic acids is 1. The molecule has 116 valence electrons. The molecule has 2 aromatic carbocycles. The first kappa shape index (κ1) is 14.8. The van der Waals surface area contributed by atoms with Crippen molar-refractivity contribution < 1.29 is 9.18 Å². The number of nitrogens with one attached hydrogen (secondary N) is 2. The van der Waals surface area contributed by atoms with Gasteiger partial charge in [0.2, 0.25) is 0 Å². The lowest BCUT2D eigenvalue weighted by Gasteiger charge is -2.11. The Labute approximate surface area is 131 Å². The molecule has 0 saturated heterocycles. The van der Waals surface area contributed by atoms with Crippen molar-refractivity contribution in [3.63, 3.8) is 0 Å². The number of halogens is 1. The Morgan fingerprint density at radius 1 is 1.22 bits per heavy atom. The first-order valence-electron chi connectivity index (χ1n) is 7.04. The molecule has 0 fully saturated rings. The number of nitrogens with zero attached hydrogens (tertiary/aromatic N) is 3. The number of aromatic amines is 1. The van der Waals surface area contributed by atoms with Crippen LogP contribution < -0.4 is 5.32 Å². The minimum atomic E-state index is -0.390. The maximum atomic E-state index is 13.9. The number of amides is 1. The van der Waals surface area contributed by atoms with Crippen molar-refractivity contribution in [3.8, 4) is 11.1 Å². The van der Waals surface area contributed by atoms with E-state index in [9.17, 15) is 9.18 Å². The van der Waals surface area contributed by atoms with Crippen LogP contribution in [0.2, 0.25) is 0 Å². The smallest absolute Gasteiger partial charge is 0.251 e. The summed E-state index contributed by atoms with van der Waals surface area (Å²) >= 11 is 0. The summed E-state index contributed by atoms with van der Waals surface area (Å²) in [6.45, 7) is 1.75. The number of hydrogen-bond acceptors (Lipinski definition) is 4. The van der Waals surface area contributed by atoms with E-state index < -0.39 is 6.04 Å². The molecule has 0 aliphatic heterocycles. The second kappa shape index (κ2) is 6.35. The van der Waals surface area contributed by atoms with E-state index in [0.29, 0.717) is 22.5 Å². The van der Waals surface area contributed by atoms with E-state index in [4.69, 9.17) is 0 Å². The Bertz CT molecular complexity index is 819. The summed E-state index contributed by atoms with van der Waals surface area (Å²) in [5, 5.41) is 16.2. The maximum Gasteiger partial charge on any atom is 0.251 e. The minimum Gasteiger partial charge on any atom is -0.342 e. The molecule has 7 heteroatoms. The second-order valence-corrected chi connectivity index (χ2v) is 5.03. The monoisotopic (exact) mass is 311 g/mol. The molecule has 6 nitrogen and oxygen atoms in total. The predicted octanol–water partition coefficient (Wildman–Crippen LogP) is 2.50. The van der Waals surface area contributed by atoms with Crippen molar-refractivity contribution in [3.05, 3.63) is 65.7 Å². The summed E-state index contributed by atoms with van der Waals surface area (Å²) in [7, 11) is 0. The summed E-state index contributed by atoms with van der Waals surface area (Å²) in [5.41, 5.74) is 1.53. The Kier molecular flexibility index (Phi) is 4.09. The van der Waals surface area contributed by atoms with Gasteiger partial charge in [-0.05, 0) is 30.7 Å². The van der Waals surface area contributed by atoms with Crippen molar-refractivity contribution >= 4 is 5.91 Å². The van der Waals surface area contributed by atoms with Crippen LogP contribution in [-0.4, -0.2) is 26.5 Å². The van der Waals surface area contributed by atoms with Gasteiger partial charge in [-0.15, -0.1) is 10.2 Å². The molecular formula is C16H14FN5O. The number of tetrazole rings is 1. The molecule has 23 heavy (non-hydrogen) atoms. The summed E-state index contributed by atoms with van der Waals surface area (Å²) in [6.07, 6.45) is 0. The lowest BCUT2D eigenvalue weighted by atomic mass is 10.0. The predicted molar refractivity (Wildman–Crippen MR) is 81.9 cm³/mol. The third-order valence-corrected chi connectivity index (χ3v) is 3.41. The summed E-state index contributed by atoms with van der Waals surface area (Å²) in [5.74, 6) is -0.227. The van der Waals surface area contributed by atoms with Gasteiger partial charge in [0.15, 0.2) is 5.82 Å². The van der Waals surface area contributed by atoms with Crippen molar-refractivity contribution in [2.45, 2.75) is 13.0 Å². The van der Waals surface area contributed by atoms with Gasteiger partial charge in [0, 0.05) is 11.1 Å². The molecule has 0 aliphatic carbocycles. The average molecular weight is 311 g/mol. The van der Waals surface area contributed by atoms with Gasteiger partial charge in [0.25, 0.3) is 5.91 Å². The van der Waals surface area contributed by atoms with Crippen LogP contribution in [0.4, 0.5) is 4.39 Å². The molecule has 1 atom stereocenters. The molecular weight excluding hydrogens is 297 g/mol. The normalized spacial score (nSPS) is 11.9. The Morgan fingerprint density at radius 3 is 2.78 bits per heavy atom. The quantitative estimate of drug-likeness (QED) is 0.775. The van der Waals surface area contributed by atoms with Crippen molar-refractivity contribution in [1.29, 1.82) is 0 Å². The molecule has 1 amide bonds. The molecule has 3 aromatic rings. The topological polar surface area (TPSA) is 83.6 Å². The second-order valence-electron chi connectivity index (χ2n) is 5.03. The minimum absolute atomic E-state index is 0.291. The van der Waals surface area contributed by atoms with E-state index in [1.165, 1.54) is 6.07 Å². The van der Waals surface area contributed by atoms with Crippen LogP contribution in [0.5, 0.6) is 0 Å². The number of rotatable bonds is 4. The number of carbonyl (C=O) groups is 1. The average Bonchev–Trinajstić information content (AvgIpc) is 3.10. The molecule has 3 rings (SSSR count). The standard InChI is InChI=1S/C16H14FN5O/c1-10(15-19-21-22-20-15)18-16(23)12-6-4-5-11(9-12)13-7-2-3-8-14(13)17/h2-10H,1H3,(H,18,23)(H,19,20,21,22)/t10-/m0/s1. The Hall–Kier alpha value is -3.09. The highest BCUT2D eigenvalue weighted by Gasteiger charge is 2.15. The number of H-pyrrole nitrogens is 1. The molecule has 1 aromatic heterocycles. The highest BCUT2D eigenvalue weighted by atomic mass is 19.1. The zero-order chi connectivity index (χ0) is 16.2. The molecule has 0 radical (unpaired) electrons. The summed E-state index contributed by atoms with van der Waals surface area (Å²) < 4.78 is 13.9.